The highest BCUT2D eigenvalue weighted by Crippen LogP contribution is 2.39. The van der Waals surface area contributed by atoms with Crippen LogP contribution in [0.15, 0.2) is 114 Å². The molecule has 0 spiro atoms. The van der Waals surface area contributed by atoms with Crippen molar-refractivity contribution in [3.63, 3.8) is 0 Å². The van der Waals surface area contributed by atoms with E-state index in [-0.39, 0.29) is 12.0 Å². The van der Waals surface area contributed by atoms with Crippen LogP contribution in [0.1, 0.15) is 61.6 Å². The van der Waals surface area contributed by atoms with Crippen LogP contribution < -0.4 is 19.1 Å². The van der Waals surface area contributed by atoms with Gasteiger partial charge in [-0.2, -0.15) is 10.1 Å². The second-order valence-electron chi connectivity index (χ2n) is 15.6. The summed E-state index contributed by atoms with van der Waals surface area (Å²) in [4.78, 5) is 22.7. The van der Waals surface area contributed by atoms with Crippen molar-refractivity contribution in [2.45, 2.75) is 71.2 Å². The first-order chi connectivity index (χ1) is 28.4. The molecule has 2 fully saturated rings. The molecule has 10 heteroatoms. The largest absolute Gasteiger partial charge is 0.490 e. The Balaban J connectivity index is 0.884. The van der Waals surface area contributed by atoms with E-state index in [9.17, 15) is 4.79 Å². The first kappa shape index (κ1) is 39.5. The summed E-state index contributed by atoms with van der Waals surface area (Å²) in [5, 5.41) is 6.08. The molecule has 9 nitrogen and oxygen atoms in total. The van der Waals surface area contributed by atoms with Gasteiger partial charge >= 0.3 is 0 Å². The predicted molar refractivity (Wildman–Crippen MR) is 233 cm³/mol. The number of nitrogens with zero attached hydrogens (tertiary/aromatic N) is 5. The van der Waals surface area contributed by atoms with E-state index in [1.165, 1.54) is 12.8 Å². The predicted octanol–water partition coefficient (Wildman–Crippen LogP) is 10.3. The van der Waals surface area contributed by atoms with Crippen molar-refractivity contribution in [1.29, 1.82) is 0 Å². The summed E-state index contributed by atoms with van der Waals surface area (Å²) in [6, 6.07) is 36.6. The van der Waals surface area contributed by atoms with Gasteiger partial charge in [0.25, 0.3) is 0 Å². The Morgan fingerprint density at radius 2 is 1.47 bits per heavy atom. The molecule has 1 aliphatic heterocycles. The van der Waals surface area contributed by atoms with Gasteiger partial charge in [0.1, 0.15) is 24.7 Å². The monoisotopic (exact) mass is 841 g/mol. The Labute approximate surface area is 350 Å². The molecule has 6 aromatic rings. The number of amides is 1. The van der Waals surface area contributed by atoms with E-state index in [4.69, 9.17) is 24.3 Å². The van der Waals surface area contributed by atoms with E-state index < -0.39 is 0 Å². The highest BCUT2D eigenvalue weighted by atomic mass is 79.9. The van der Waals surface area contributed by atoms with Crippen LogP contribution in [0.2, 0.25) is 0 Å². The van der Waals surface area contributed by atoms with Gasteiger partial charge in [-0.05, 0) is 86.8 Å². The summed E-state index contributed by atoms with van der Waals surface area (Å²) >= 11 is 3.62. The standard InChI is InChI=1S/C48H52BrN5O4/c1-34-41(49)18-11-20-43(34)58-38-24-22-35(23-25-38)16-9-21-45(55)54-30-28-53(29-31-54)42-19-10-17-39-46(51-52(2)47(39)42)40-26-27-44(56-32-36-12-5-3-6-13-36)50-48(40)57-33-37-14-7-4-8-15-37/h3-8,10-15,17-20,26-27,35,38H,9,16,21-25,28-33H2,1-2H3. The maximum Gasteiger partial charge on any atom is 0.226 e. The quantitative estimate of drug-likeness (QED) is 0.108. The molecule has 3 heterocycles. The van der Waals surface area contributed by atoms with Crippen molar-refractivity contribution in [3.05, 3.63) is 130 Å². The Morgan fingerprint density at radius 1 is 0.776 bits per heavy atom. The van der Waals surface area contributed by atoms with Gasteiger partial charge in [-0.1, -0.05) is 94.8 Å². The molecule has 1 amide bonds. The normalized spacial score (nSPS) is 17.0. The molecule has 8 rings (SSSR count). The van der Waals surface area contributed by atoms with Crippen molar-refractivity contribution < 1.29 is 19.0 Å². The van der Waals surface area contributed by atoms with Crippen LogP contribution in [0.4, 0.5) is 5.69 Å². The fourth-order valence-electron chi connectivity index (χ4n) is 8.35. The zero-order chi connectivity index (χ0) is 39.8. The molecule has 58 heavy (non-hydrogen) atoms. The highest BCUT2D eigenvalue weighted by Gasteiger charge is 2.27. The molecule has 0 atom stereocenters. The number of carbonyl (C=O) groups is 1. The van der Waals surface area contributed by atoms with E-state index >= 15 is 0 Å². The average molecular weight is 843 g/mol. The number of aryl methyl sites for hydroxylation is 1. The smallest absolute Gasteiger partial charge is 0.226 e. The molecular formula is C48H52BrN5O4. The van der Waals surface area contributed by atoms with Gasteiger partial charge in [0.15, 0.2) is 0 Å². The van der Waals surface area contributed by atoms with Crippen LogP contribution in [-0.2, 0) is 25.1 Å². The Morgan fingerprint density at radius 3 is 2.19 bits per heavy atom. The van der Waals surface area contributed by atoms with Crippen LogP contribution in [-0.4, -0.2) is 57.9 Å². The summed E-state index contributed by atoms with van der Waals surface area (Å²) in [6.07, 6.45) is 7.43. The van der Waals surface area contributed by atoms with Crippen molar-refractivity contribution in [2.75, 3.05) is 31.1 Å². The number of para-hydroxylation sites is 1. The molecule has 1 saturated heterocycles. The first-order valence-electron chi connectivity index (χ1n) is 20.6. The van der Waals surface area contributed by atoms with E-state index in [1.54, 1.807) is 0 Å². The van der Waals surface area contributed by atoms with Crippen LogP contribution in [0.3, 0.4) is 0 Å². The molecule has 1 saturated carbocycles. The van der Waals surface area contributed by atoms with Crippen LogP contribution in [0, 0.1) is 12.8 Å². The van der Waals surface area contributed by atoms with E-state index in [0.717, 1.165) is 93.5 Å². The van der Waals surface area contributed by atoms with Crippen molar-refractivity contribution in [1.82, 2.24) is 19.7 Å². The number of anilines is 1. The second-order valence-corrected chi connectivity index (χ2v) is 16.4. The van der Waals surface area contributed by atoms with Gasteiger partial charge in [-0.25, -0.2) is 0 Å². The lowest BCUT2D eigenvalue weighted by Crippen LogP contribution is -2.48. The lowest BCUT2D eigenvalue weighted by Gasteiger charge is -2.36. The molecule has 2 aromatic heterocycles. The minimum atomic E-state index is 0.273. The zero-order valence-electron chi connectivity index (χ0n) is 33.5. The minimum Gasteiger partial charge on any atom is -0.490 e. The van der Waals surface area contributed by atoms with Crippen molar-refractivity contribution >= 4 is 38.4 Å². The summed E-state index contributed by atoms with van der Waals surface area (Å²) in [7, 11) is 1.99. The number of rotatable bonds is 14. The number of piperazine rings is 1. The third-order valence-corrected chi connectivity index (χ3v) is 12.5. The summed E-state index contributed by atoms with van der Waals surface area (Å²) in [5.74, 6) is 2.89. The number of fused-ring (bicyclic) bond motifs is 1. The minimum absolute atomic E-state index is 0.273. The van der Waals surface area contributed by atoms with Gasteiger partial charge in [-0.3, -0.25) is 9.48 Å². The van der Waals surface area contributed by atoms with E-state index in [2.05, 4.69) is 63.0 Å². The fraction of sp³-hybridized carbons (Fsp3) is 0.354. The Bertz CT molecular complexity index is 2300. The lowest BCUT2D eigenvalue weighted by atomic mass is 9.84. The van der Waals surface area contributed by atoms with Crippen molar-refractivity contribution in [2.24, 2.45) is 13.0 Å². The maximum absolute atomic E-state index is 13.4. The second kappa shape index (κ2) is 18.5. The van der Waals surface area contributed by atoms with Crippen LogP contribution in [0.25, 0.3) is 22.2 Å². The lowest BCUT2D eigenvalue weighted by molar-refractivity contribution is -0.131. The van der Waals surface area contributed by atoms with Gasteiger partial charge in [0, 0.05) is 61.1 Å². The third kappa shape index (κ3) is 9.34. The zero-order valence-corrected chi connectivity index (χ0v) is 35.1. The van der Waals surface area contributed by atoms with E-state index in [0.29, 0.717) is 50.4 Å². The molecular weight excluding hydrogens is 790 g/mol. The van der Waals surface area contributed by atoms with Crippen LogP contribution in [0.5, 0.6) is 17.5 Å². The number of hydrogen-bond acceptors (Lipinski definition) is 7. The number of ether oxygens (including phenoxy) is 3. The molecule has 0 unspecified atom stereocenters. The maximum atomic E-state index is 13.4. The van der Waals surface area contributed by atoms with E-state index in [1.807, 2.05) is 90.6 Å². The number of aromatic nitrogens is 3. The molecule has 0 bridgehead atoms. The molecule has 2 aliphatic rings. The number of halogens is 1. The summed E-state index contributed by atoms with van der Waals surface area (Å²) < 4.78 is 21.9. The molecule has 0 N–H and O–H groups in total. The molecule has 300 valence electrons. The van der Waals surface area contributed by atoms with Gasteiger partial charge in [-0.15, -0.1) is 0 Å². The SMILES string of the molecule is Cc1c(Br)cccc1OC1CCC(CCCC(=O)N2CCN(c3cccc4c(-c5ccc(OCc6ccccc6)nc5OCc5ccccc5)nn(C)c34)CC2)CC1. The van der Waals surface area contributed by atoms with Gasteiger partial charge in [0.05, 0.1) is 22.9 Å². The Kier molecular flexibility index (Phi) is 12.6. The number of hydrogen-bond donors (Lipinski definition) is 0. The number of carbonyl (C=O) groups excluding carboxylic acids is 1. The first-order valence-corrected chi connectivity index (χ1v) is 21.4. The fourth-order valence-corrected chi connectivity index (χ4v) is 8.70. The van der Waals surface area contributed by atoms with Gasteiger partial charge in [0.2, 0.25) is 17.7 Å². The summed E-state index contributed by atoms with van der Waals surface area (Å²) in [5.41, 5.74) is 7.04. The molecule has 0 radical (unpaired) electrons. The average Bonchev–Trinajstić information content (AvgIpc) is 3.61. The third-order valence-electron chi connectivity index (χ3n) is 11.7. The number of benzene rings is 4. The van der Waals surface area contributed by atoms with Gasteiger partial charge < -0.3 is 24.0 Å². The topological polar surface area (TPSA) is 82.0 Å². The van der Waals surface area contributed by atoms with Crippen LogP contribution >= 0.6 is 15.9 Å². The molecule has 1 aliphatic carbocycles. The summed E-state index contributed by atoms with van der Waals surface area (Å²) in [6.45, 7) is 5.84. The molecule has 4 aromatic carbocycles. The number of pyridine rings is 1. The van der Waals surface area contributed by atoms with Crippen molar-refractivity contribution in [3.8, 4) is 28.8 Å². The highest BCUT2D eigenvalue weighted by molar-refractivity contribution is 9.10. The Hall–Kier alpha value is -5.35.